The van der Waals surface area contributed by atoms with Crippen LogP contribution in [0.1, 0.15) is 129 Å². The number of fused-ring (bicyclic) bond motifs is 11. The molecule has 0 spiro atoms. The number of aliphatic hydroxyl groups is 2. The van der Waals surface area contributed by atoms with Crippen LogP contribution in [0.5, 0.6) is 5.75 Å². The zero-order valence-electron chi connectivity index (χ0n) is 32.7. The van der Waals surface area contributed by atoms with Gasteiger partial charge in [-0.1, -0.05) is 45.6 Å². The van der Waals surface area contributed by atoms with Crippen LogP contribution in [-0.4, -0.2) is 49.6 Å². The van der Waals surface area contributed by atoms with E-state index in [2.05, 4.69) is 77.7 Å². The number of nitrogens with zero attached hydrogens (tertiary/aromatic N) is 1. The van der Waals surface area contributed by atoms with E-state index in [0.717, 1.165) is 70.1 Å². The van der Waals surface area contributed by atoms with Gasteiger partial charge in [0.1, 0.15) is 12.4 Å². The molecule has 1 aliphatic heterocycles. The topological polar surface area (TPSA) is 101 Å². The monoisotopic (exact) mass is 707 g/mol. The maximum atomic E-state index is 12.3. The molecule has 3 N–H and O–H groups in total. The smallest absolute Gasteiger partial charge is 0.302 e. The lowest BCUT2D eigenvalue weighted by Gasteiger charge is -2.64. The van der Waals surface area contributed by atoms with E-state index in [1.807, 2.05) is 26.0 Å². The van der Waals surface area contributed by atoms with Crippen molar-refractivity contribution in [2.75, 3.05) is 6.61 Å². The molecule has 2 fully saturated rings. The fourth-order valence-electron chi connectivity index (χ4n) is 12.6. The number of aromatic hydroxyl groups is 1. The number of hydrogen-bond donors (Lipinski definition) is 3. The molecule has 8 rings (SSSR count). The molecular weight excluding hydrogens is 650 g/mol. The van der Waals surface area contributed by atoms with Crippen LogP contribution in [0.15, 0.2) is 42.5 Å². The van der Waals surface area contributed by atoms with Crippen molar-refractivity contribution >= 4 is 33.4 Å². The number of hydrogen-bond acceptors (Lipinski definition) is 6. The van der Waals surface area contributed by atoms with E-state index in [1.165, 1.54) is 23.6 Å². The molecule has 3 aromatic rings. The Morgan fingerprint density at radius 2 is 1.79 bits per heavy atom. The second-order valence-electron chi connectivity index (χ2n) is 18.8. The van der Waals surface area contributed by atoms with Gasteiger partial charge in [0, 0.05) is 45.7 Å². The van der Waals surface area contributed by atoms with Crippen molar-refractivity contribution in [1.29, 1.82) is 0 Å². The van der Waals surface area contributed by atoms with Crippen molar-refractivity contribution in [3.05, 3.63) is 70.6 Å². The van der Waals surface area contributed by atoms with Crippen LogP contribution >= 0.6 is 0 Å². The van der Waals surface area contributed by atoms with E-state index >= 15 is 0 Å². The maximum Gasteiger partial charge on any atom is 0.302 e. The minimum atomic E-state index is -0.824. The molecule has 0 radical (unpaired) electrons. The molecule has 2 aromatic heterocycles. The molecule has 0 bridgehead atoms. The number of aliphatic hydroxyl groups excluding tert-OH is 2. The molecule has 4 aliphatic carbocycles. The quantitative estimate of drug-likeness (QED) is 0.181. The van der Waals surface area contributed by atoms with E-state index < -0.39 is 28.8 Å². The van der Waals surface area contributed by atoms with Gasteiger partial charge < -0.3 is 29.2 Å². The SMILES string of the molecule is C=C(C)c1c(O)c2c3c(cc4c5c(n1c42)[C@@]1(C)C(CC[C@H]2[C@](C)(C=CC=C(C)COC(C)=O)[C@@H](O)CC[C@@]21C)C5)C1=CC(C)(C)OC(C)(C)C1[C@@H]3O. The van der Waals surface area contributed by atoms with Gasteiger partial charge in [0.05, 0.1) is 34.6 Å². The highest BCUT2D eigenvalue weighted by molar-refractivity contribution is 6.11. The predicted octanol–water partition coefficient (Wildman–Crippen LogP) is 8.98. The predicted molar refractivity (Wildman–Crippen MR) is 206 cm³/mol. The molecule has 0 saturated heterocycles. The van der Waals surface area contributed by atoms with Crippen LogP contribution in [0, 0.1) is 28.6 Å². The molecule has 2 unspecified atom stereocenters. The number of allylic oxidation sites excluding steroid dienone is 3. The summed E-state index contributed by atoms with van der Waals surface area (Å²) in [4.78, 5) is 11.4. The summed E-state index contributed by atoms with van der Waals surface area (Å²) in [6.07, 6.45) is 11.8. The van der Waals surface area contributed by atoms with Gasteiger partial charge in [0.2, 0.25) is 0 Å². The van der Waals surface area contributed by atoms with Gasteiger partial charge in [0.15, 0.2) is 0 Å². The summed E-state index contributed by atoms with van der Waals surface area (Å²) in [5.74, 6) is 0.270. The Balaban J connectivity index is 1.33. The van der Waals surface area contributed by atoms with E-state index in [1.54, 1.807) is 0 Å². The van der Waals surface area contributed by atoms with Crippen LogP contribution in [0.25, 0.3) is 27.4 Å². The minimum Gasteiger partial charge on any atom is -0.505 e. The van der Waals surface area contributed by atoms with Crippen molar-refractivity contribution in [3.63, 3.8) is 0 Å². The van der Waals surface area contributed by atoms with Crippen LogP contribution in [0.3, 0.4) is 0 Å². The number of rotatable bonds is 5. The number of carbonyl (C=O) groups excluding carboxylic acids is 1. The highest BCUT2D eigenvalue weighted by atomic mass is 16.5. The van der Waals surface area contributed by atoms with Crippen LogP contribution < -0.4 is 0 Å². The van der Waals surface area contributed by atoms with Gasteiger partial charge in [0.25, 0.3) is 0 Å². The van der Waals surface area contributed by atoms with Crippen LogP contribution in [-0.2, 0) is 26.1 Å². The van der Waals surface area contributed by atoms with Gasteiger partial charge in [-0.3, -0.25) is 4.79 Å². The normalized spacial score (nSPS) is 36.0. The molecule has 5 aliphatic rings. The molecule has 278 valence electrons. The Labute approximate surface area is 308 Å². The Bertz CT molecular complexity index is 2140. The fraction of sp³-hybridized carbons (Fsp3) is 0.578. The molecule has 3 heterocycles. The Morgan fingerprint density at radius 3 is 2.46 bits per heavy atom. The average Bonchev–Trinajstić information content (AvgIpc) is 3.71. The van der Waals surface area contributed by atoms with Gasteiger partial charge in [-0.2, -0.15) is 0 Å². The molecule has 0 amide bonds. The lowest BCUT2D eigenvalue weighted by Crippen LogP contribution is -2.62. The van der Waals surface area contributed by atoms with Gasteiger partial charge in [-0.15, -0.1) is 0 Å². The second-order valence-corrected chi connectivity index (χ2v) is 18.8. The molecule has 52 heavy (non-hydrogen) atoms. The lowest BCUT2D eigenvalue weighted by atomic mass is 9.40. The molecular formula is C45H57NO6. The molecule has 7 heteroatoms. The first kappa shape index (κ1) is 35.6. The first-order chi connectivity index (χ1) is 24.2. The maximum absolute atomic E-state index is 12.3. The number of ether oxygens (including phenoxy) is 2. The van der Waals surface area contributed by atoms with Crippen molar-refractivity contribution in [3.8, 4) is 5.75 Å². The van der Waals surface area contributed by atoms with Crippen LogP contribution in [0.4, 0.5) is 0 Å². The molecule has 8 atom stereocenters. The van der Waals surface area contributed by atoms with E-state index in [4.69, 9.17) is 9.47 Å². The van der Waals surface area contributed by atoms with Crippen molar-refractivity contribution in [1.82, 2.24) is 4.40 Å². The largest absolute Gasteiger partial charge is 0.505 e. The number of esters is 1. The van der Waals surface area contributed by atoms with E-state index in [9.17, 15) is 20.1 Å². The third kappa shape index (κ3) is 4.45. The summed E-state index contributed by atoms with van der Waals surface area (Å²) in [7, 11) is 0. The highest BCUT2D eigenvalue weighted by Gasteiger charge is 2.67. The van der Waals surface area contributed by atoms with Gasteiger partial charge in [-0.05, 0) is 131 Å². The Morgan fingerprint density at radius 1 is 1.08 bits per heavy atom. The first-order valence-electron chi connectivity index (χ1n) is 19.3. The lowest BCUT2D eigenvalue weighted by molar-refractivity contribution is -0.144. The third-order valence-corrected chi connectivity index (χ3v) is 14.8. The van der Waals surface area contributed by atoms with E-state index in [0.29, 0.717) is 12.3 Å². The Kier molecular flexibility index (Phi) is 7.59. The second kappa shape index (κ2) is 11.1. The summed E-state index contributed by atoms with van der Waals surface area (Å²) < 4.78 is 14.1. The van der Waals surface area contributed by atoms with Gasteiger partial charge in [-0.25, -0.2) is 0 Å². The zero-order chi connectivity index (χ0) is 37.7. The molecule has 2 saturated carbocycles. The molecule has 7 nitrogen and oxygen atoms in total. The average molecular weight is 708 g/mol. The summed E-state index contributed by atoms with van der Waals surface area (Å²) in [6, 6.07) is 2.33. The summed E-state index contributed by atoms with van der Waals surface area (Å²) >= 11 is 0. The van der Waals surface area contributed by atoms with Crippen LogP contribution in [0.2, 0.25) is 0 Å². The first-order valence-corrected chi connectivity index (χ1v) is 19.3. The number of benzene rings is 1. The number of aromatic nitrogens is 1. The summed E-state index contributed by atoms with van der Waals surface area (Å²) in [5, 5.41) is 38.2. The van der Waals surface area contributed by atoms with Gasteiger partial charge >= 0.3 is 5.97 Å². The van der Waals surface area contributed by atoms with E-state index in [-0.39, 0.29) is 41.0 Å². The number of carbonyl (C=O) groups is 1. The summed E-state index contributed by atoms with van der Waals surface area (Å²) in [6.45, 7) is 25.5. The third-order valence-electron chi connectivity index (χ3n) is 14.8. The van der Waals surface area contributed by atoms with Crippen molar-refractivity contribution < 1.29 is 29.6 Å². The summed E-state index contributed by atoms with van der Waals surface area (Å²) in [5.41, 5.74) is 7.05. The minimum absolute atomic E-state index is 0.160. The van der Waals surface area contributed by atoms with Crippen molar-refractivity contribution in [2.24, 2.45) is 28.6 Å². The Hall–Kier alpha value is -3.39. The molecule has 1 aromatic carbocycles. The fourth-order valence-corrected chi connectivity index (χ4v) is 12.6. The highest BCUT2D eigenvalue weighted by Crippen LogP contribution is 2.71. The zero-order valence-corrected chi connectivity index (χ0v) is 32.7. The standard InChI is InChI=1S/C45H57NO6/c1-23(2)36-39(50)34-33-27(30-21-41(5,6)52-42(7,8)35(30)38(33)49)20-28-29-19-26-14-15-31-43(9,17-12-13-24(3)22-51-25(4)47)32(48)16-18-44(31,10)45(26,11)40(29)46(36)37(28)34/h12-13,17,20-21,26,31-32,35,38,48-50H,1,14-16,18-19,22H2,2-11H3/t26?,31-,32-,35?,38+,43-,44-,45+/m0/s1. The van der Waals surface area contributed by atoms with Crippen molar-refractivity contribution in [2.45, 2.75) is 130 Å².